The highest BCUT2D eigenvalue weighted by Crippen LogP contribution is 2.17. The monoisotopic (exact) mass is 398 g/mol. The first-order valence-electron chi connectivity index (χ1n) is 9.70. The van der Waals surface area contributed by atoms with E-state index in [0.29, 0.717) is 45.0 Å². The summed E-state index contributed by atoms with van der Waals surface area (Å²) in [5.41, 5.74) is 6.70. The summed E-state index contributed by atoms with van der Waals surface area (Å²) in [7, 11) is 0. The highest BCUT2D eigenvalue weighted by Gasteiger charge is 2.23. The molecule has 2 heterocycles. The van der Waals surface area contributed by atoms with Crippen LogP contribution in [0.3, 0.4) is 0 Å². The summed E-state index contributed by atoms with van der Waals surface area (Å²) in [6.45, 7) is 4.60. The lowest BCUT2D eigenvalue weighted by Gasteiger charge is -2.34. The van der Waals surface area contributed by atoms with Crippen molar-refractivity contribution in [2.45, 2.75) is 19.4 Å². The van der Waals surface area contributed by atoms with E-state index >= 15 is 0 Å². The van der Waals surface area contributed by atoms with Crippen molar-refractivity contribution >= 4 is 17.9 Å². The molecule has 154 valence electrons. The number of benzene rings is 1. The molecule has 0 aliphatic carbocycles. The van der Waals surface area contributed by atoms with Crippen LogP contribution >= 0.6 is 0 Å². The van der Waals surface area contributed by atoms with Crippen LogP contribution in [0, 0.1) is 0 Å². The van der Waals surface area contributed by atoms with Crippen molar-refractivity contribution in [3.8, 4) is 5.75 Å². The first kappa shape index (κ1) is 20.6. The molecule has 8 nitrogen and oxygen atoms in total. The Morgan fingerprint density at radius 2 is 1.83 bits per heavy atom. The molecule has 3 rings (SSSR count). The van der Waals surface area contributed by atoms with Crippen LogP contribution in [0.1, 0.15) is 12.5 Å². The zero-order chi connectivity index (χ0) is 20.6. The van der Waals surface area contributed by atoms with Gasteiger partial charge in [-0.15, -0.1) is 0 Å². The Bertz CT molecular complexity index is 805. The average molecular weight is 398 g/mol. The number of rotatable bonds is 6. The maximum atomic E-state index is 12.4. The minimum Gasteiger partial charge on any atom is -0.465 e. The van der Waals surface area contributed by atoms with E-state index in [1.54, 1.807) is 42.3 Å². The Balaban J connectivity index is 1.48. The second-order valence-corrected chi connectivity index (χ2v) is 6.74. The largest absolute Gasteiger partial charge is 0.465 e. The van der Waals surface area contributed by atoms with E-state index in [-0.39, 0.29) is 6.09 Å². The fourth-order valence-electron chi connectivity index (χ4n) is 3.10. The number of aromatic nitrogens is 1. The van der Waals surface area contributed by atoms with Gasteiger partial charge in [0.1, 0.15) is 17.6 Å². The number of anilines is 1. The van der Waals surface area contributed by atoms with Crippen molar-refractivity contribution in [3.05, 3.63) is 54.2 Å². The molecule has 1 aliphatic rings. The van der Waals surface area contributed by atoms with Gasteiger partial charge in [-0.2, -0.15) is 0 Å². The van der Waals surface area contributed by atoms with Gasteiger partial charge in [0.2, 0.25) is 0 Å². The molecule has 1 aliphatic heterocycles. The molecule has 0 unspecified atom stereocenters. The van der Waals surface area contributed by atoms with Gasteiger partial charge in [-0.1, -0.05) is 18.2 Å². The van der Waals surface area contributed by atoms with Gasteiger partial charge in [0.05, 0.1) is 6.61 Å². The molecule has 2 N–H and O–H groups in total. The van der Waals surface area contributed by atoms with E-state index in [4.69, 9.17) is 15.2 Å². The second-order valence-electron chi connectivity index (χ2n) is 6.74. The number of carbonyl (C=O) groups excluding carboxylic acids is 2. The van der Waals surface area contributed by atoms with E-state index in [2.05, 4.69) is 9.88 Å². The molecule has 1 saturated heterocycles. The number of ether oxygens (including phenoxy) is 2. The molecule has 8 heteroatoms. The fourth-order valence-corrected chi connectivity index (χ4v) is 3.10. The molecule has 29 heavy (non-hydrogen) atoms. The number of pyridine rings is 1. The van der Waals surface area contributed by atoms with Crippen LogP contribution in [0.15, 0.2) is 48.7 Å². The topological polar surface area (TPSA) is 98.0 Å². The maximum absolute atomic E-state index is 12.4. The summed E-state index contributed by atoms with van der Waals surface area (Å²) in [5, 5.41) is 0. The van der Waals surface area contributed by atoms with Gasteiger partial charge in [0, 0.05) is 32.4 Å². The first-order chi connectivity index (χ1) is 14.1. The first-order valence-corrected chi connectivity index (χ1v) is 9.70. The molecule has 0 bridgehead atoms. The molecule has 1 aromatic heterocycles. The number of carbonyl (C=O) groups is 2. The van der Waals surface area contributed by atoms with Crippen LogP contribution in [0.2, 0.25) is 0 Å². The third-order valence-corrected chi connectivity index (χ3v) is 4.68. The van der Waals surface area contributed by atoms with E-state index < -0.39 is 12.0 Å². The van der Waals surface area contributed by atoms with Crippen molar-refractivity contribution in [2.24, 2.45) is 5.73 Å². The van der Waals surface area contributed by atoms with Gasteiger partial charge < -0.3 is 25.0 Å². The number of esters is 1. The molecular weight excluding hydrogens is 372 g/mol. The standard InChI is InChI=1S/C21H26N4O4/c1-2-28-20(26)18(22)15-16-6-8-17(9-7-16)29-21(27)25-13-11-24(12-14-25)19-5-3-4-10-23-19/h3-10,18H,2,11-15,22H2,1H3/t18-/m0/s1. The minimum atomic E-state index is -0.709. The molecule has 0 saturated carbocycles. The van der Waals surface area contributed by atoms with Crippen LogP contribution in [0.25, 0.3) is 0 Å². The zero-order valence-corrected chi connectivity index (χ0v) is 16.5. The maximum Gasteiger partial charge on any atom is 0.415 e. The Kier molecular flexibility index (Phi) is 7.02. The smallest absolute Gasteiger partial charge is 0.415 e. The highest BCUT2D eigenvalue weighted by molar-refractivity contribution is 5.76. The van der Waals surface area contributed by atoms with Crippen LogP contribution < -0.4 is 15.4 Å². The predicted octanol–water partition coefficient (Wildman–Crippen LogP) is 1.84. The summed E-state index contributed by atoms with van der Waals surface area (Å²) in [6.07, 6.45) is 1.75. The number of nitrogens with two attached hydrogens (primary N) is 1. The molecule has 1 aromatic carbocycles. The van der Waals surface area contributed by atoms with Gasteiger partial charge in [0.25, 0.3) is 0 Å². The van der Waals surface area contributed by atoms with Gasteiger partial charge in [-0.3, -0.25) is 4.79 Å². The average Bonchev–Trinajstić information content (AvgIpc) is 2.76. The molecule has 1 fully saturated rings. The van der Waals surface area contributed by atoms with Crippen molar-refractivity contribution < 1.29 is 19.1 Å². The van der Waals surface area contributed by atoms with E-state index in [1.165, 1.54) is 0 Å². The number of amides is 1. The van der Waals surface area contributed by atoms with Gasteiger partial charge >= 0.3 is 12.1 Å². The van der Waals surface area contributed by atoms with Crippen LogP contribution in [-0.2, 0) is 16.0 Å². The Morgan fingerprint density at radius 1 is 1.10 bits per heavy atom. The molecule has 0 radical (unpaired) electrons. The Labute approximate surface area is 170 Å². The number of nitrogens with zero attached hydrogens (tertiary/aromatic N) is 3. The van der Waals surface area contributed by atoms with E-state index in [9.17, 15) is 9.59 Å². The summed E-state index contributed by atoms with van der Waals surface area (Å²) in [6, 6.07) is 12.1. The molecule has 1 atom stereocenters. The van der Waals surface area contributed by atoms with E-state index in [0.717, 1.165) is 11.4 Å². The second kappa shape index (κ2) is 9.88. The van der Waals surface area contributed by atoms with Crippen molar-refractivity contribution in [3.63, 3.8) is 0 Å². The molecule has 2 aromatic rings. The molecule has 0 spiro atoms. The molecule has 1 amide bonds. The van der Waals surface area contributed by atoms with Gasteiger partial charge in [-0.05, 0) is 43.2 Å². The number of hydrogen-bond donors (Lipinski definition) is 1. The minimum absolute atomic E-state index is 0.303. The summed E-state index contributed by atoms with van der Waals surface area (Å²) in [5.74, 6) is 0.945. The third-order valence-electron chi connectivity index (χ3n) is 4.68. The Morgan fingerprint density at radius 3 is 2.45 bits per heavy atom. The SMILES string of the molecule is CCOC(=O)[C@@H](N)Cc1ccc(OC(=O)N2CCN(c3ccccn3)CC2)cc1. The van der Waals surface area contributed by atoms with E-state index in [1.807, 2.05) is 18.2 Å². The van der Waals surface area contributed by atoms with Gasteiger partial charge in [-0.25, -0.2) is 9.78 Å². The normalized spacial score (nSPS) is 15.0. The zero-order valence-electron chi connectivity index (χ0n) is 16.5. The number of piperazine rings is 1. The lowest BCUT2D eigenvalue weighted by Crippen LogP contribution is -2.49. The highest BCUT2D eigenvalue weighted by atomic mass is 16.6. The fraction of sp³-hybridized carbons (Fsp3) is 0.381. The lowest BCUT2D eigenvalue weighted by molar-refractivity contribution is -0.144. The van der Waals surface area contributed by atoms with Crippen LogP contribution in [-0.4, -0.2) is 60.8 Å². The van der Waals surface area contributed by atoms with Crippen LogP contribution in [0.4, 0.5) is 10.6 Å². The molecular formula is C21H26N4O4. The summed E-state index contributed by atoms with van der Waals surface area (Å²) < 4.78 is 10.4. The number of hydrogen-bond acceptors (Lipinski definition) is 7. The summed E-state index contributed by atoms with van der Waals surface area (Å²) >= 11 is 0. The van der Waals surface area contributed by atoms with Crippen molar-refractivity contribution in [2.75, 3.05) is 37.7 Å². The van der Waals surface area contributed by atoms with Gasteiger partial charge in [0.15, 0.2) is 0 Å². The lowest BCUT2D eigenvalue weighted by atomic mass is 10.1. The summed E-state index contributed by atoms with van der Waals surface area (Å²) in [4.78, 5) is 32.2. The van der Waals surface area contributed by atoms with Crippen molar-refractivity contribution in [1.29, 1.82) is 0 Å². The Hall–Kier alpha value is -3.13. The quantitative estimate of drug-likeness (QED) is 0.742. The predicted molar refractivity (Wildman–Crippen MR) is 109 cm³/mol. The van der Waals surface area contributed by atoms with Crippen LogP contribution in [0.5, 0.6) is 5.75 Å². The third kappa shape index (κ3) is 5.68. The van der Waals surface area contributed by atoms with Crippen molar-refractivity contribution in [1.82, 2.24) is 9.88 Å².